The molecule has 0 amide bonds. The molecule has 1 aromatic rings. The van der Waals surface area contributed by atoms with Crippen LogP contribution in [0.3, 0.4) is 0 Å². The average molecular weight is 226 g/mol. The number of ether oxygens (including phenoxy) is 2. The summed E-state index contributed by atoms with van der Waals surface area (Å²) in [4.78, 5) is 22.6. The molecule has 1 heterocycles. The predicted molar refractivity (Wildman–Crippen MR) is 55.2 cm³/mol. The number of hydrogen-bond donors (Lipinski definition) is 0. The van der Waals surface area contributed by atoms with Crippen molar-refractivity contribution in [2.24, 2.45) is 0 Å². The minimum absolute atomic E-state index is 0.00491. The molecule has 0 aliphatic carbocycles. The van der Waals surface area contributed by atoms with Crippen LogP contribution in [0, 0.1) is 0 Å². The van der Waals surface area contributed by atoms with Crippen LogP contribution in [-0.2, 0) is 9.47 Å². The molecule has 0 aliphatic rings. The van der Waals surface area contributed by atoms with E-state index in [9.17, 15) is 9.59 Å². The molecule has 0 N–H and O–H groups in total. The van der Waals surface area contributed by atoms with Gasteiger partial charge >= 0.3 is 11.9 Å². The van der Waals surface area contributed by atoms with Gasteiger partial charge in [0.15, 0.2) is 0 Å². The molecule has 1 aromatic heterocycles. The third kappa shape index (κ3) is 3.12. The summed E-state index contributed by atoms with van der Waals surface area (Å²) in [6, 6.07) is 2.78. The van der Waals surface area contributed by atoms with Crippen LogP contribution in [0.2, 0.25) is 0 Å². The molecule has 5 nitrogen and oxygen atoms in total. The standard InChI is InChI=1S/C11H14O5/c1-3-7-15-11(13)9-6-5-8(16-9)10(12)14-4-2/h5-6H,3-4,7H2,1-2H3. The van der Waals surface area contributed by atoms with E-state index < -0.39 is 11.9 Å². The van der Waals surface area contributed by atoms with Crippen molar-refractivity contribution >= 4 is 11.9 Å². The Bertz CT molecular complexity index is 366. The van der Waals surface area contributed by atoms with Crippen LogP contribution in [0.5, 0.6) is 0 Å². The maximum Gasteiger partial charge on any atom is 0.374 e. The topological polar surface area (TPSA) is 65.7 Å². The highest BCUT2D eigenvalue weighted by Crippen LogP contribution is 2.10. The Morgan fingerprint density at radius 3 is 2.19 bits per heavy atom. The molecule has 0 unspecified atom stereocenters. The van der Waals surface area contributed by atoms with Gasteiger partial charge in [-0.25, -0.2) is 9.59 Å². The van der Waals surface area contributed by atoms with Crippen molar-refractivity contribution in [3.63, 3.8) is 0 Å². The molecule has 88 valence electrons. The average Bonchev–Trinajstić information content (AvgIpc) is 2.75. The van der Waals surface area contributed by atoms with E-state index in [2.05, 4.69) is 0 Å². The fraction of sp³-hybridized carbons (Fsp3) is 0.455. The van der Waals surface area contributed by atoms with Gasteiger partial charge in [-0.05, 0) is 25.5 Å². The number of esters is 2. The highest BCUT2D eigenvalue weighted by molar-refractivity contribution is 5.90. The van der Waals surface area contributed by atoms with E-state index >= 15 is 0 Å². The van der Waals surface area contributed by atoms with Gasteiger partial charge in [-0.2, -0.15) is 0 Å². The summed E-state index contributed by atoms with van der Waals surface area (Å²) < 4.78 is 14.6. The second-order valence-corrected chi connectivity index (χ2v) is 3.02. The Morgan fingerprint density at radius 2 is 1.69 bits per heavy atom. The number of carbonyl (C=O) groups excluding carboxylic acids is 2. The van der Waals surface area contributed by atoms with Gasteiger partial charge in [0.1, 0.15) is 0 Å². The van der Waals surface area contributed by atoms with Gasteiger partial charge in [-0.1, -0.05) is 6.92 Å². The maximum absolute atomic E-state index is 11.3. The molecule has 0 saturated carbocycles. The number of carbonyl (C=O) groups is 2. The first-order valence-corrected chi connectivity index (χ1v) is 5.13. The fourth-order valence-electron chi connectivity index (χ4n) is 1.03. The Labute approximate surface area is 93.3 Å². The van der Waals surface area contributed by atoms with Crippen molar-refractivity contribution in [3.8, 4) is 0 Å². The summed E-state index contributed by atoms with van der Waals surface area (Å²) in [5.74, 6) is -1.14. The van der Waals surface area contributed by atoms with E-state index in [1.54, 1.807) is 6.92 Å². The Morgan fingerprint density at radius 1 is 1.12 bits per heavy atom. The van der Waals surface area contributed by atoms with Gasteiger partial charge in [0, 0.05) is 0 Å². The zero-order valence-corrected chi connectivity index (χ0v) is 9.32. The first kappa shape index (κ1) is 12.3. The largest absolute Gasteiger partial charge is 0.460 e. The summed E-state index contributed by atoms with van der Waals surface area (Å²) >= 11 is 0. The maximum atomic E-state index is 11.3. The molecule has 0 saturated heterocycles. The summed E-state index contributed by atoms with van der Waals surface area (Å²) in [5.41, 5.74) is 0. The summed E-state index contributed by atoms with van der Waals surface area (Å²) in [6.07, 6.45) is 0.733. The lowest BCUT2D eigenvalue weighted by Gasteiger charge is -1.99. The van der Waals surface area contributed by atoms with Gasteiger partial charge < -0.3 is 13.9 Å². The zero-order valence-electron chi connectivity index (χ0n) is 9.32. The quantitative estimate of drug-likeness (QED) is 0.718. The van der Waals surface area contributed by atoms with Gasteiger partial charge in [0.05, 0.1) is 13.2 Å². The van der Waals surface area contributed by atoms with Crippen LogP contribution in [0.1, 0.15) is 41.4 Å². The van der Waals surface area contributed by atoms with Crippen molar-refractivity contribution in [1.29, 1.82) is 0 Å². The van der Waals surface area contributed by atoms with Crippen LogP contribution >= 0.6 is 0 Å². The molecule has 0 spiro atoms. The molecular weight excluding hydrogens is 212 g/mol. The molecule has 0 radical (unpaired) electrons. The molecule has 0 aliphatic heterocycles. The Hall–Kier alpha value is -1.78. The molecule has 0 bridgehead atoms. The minimum atomic E-state index is -0.586. The van der Waals surface area contributed by atoms with Gasteiger partial charge in [0.2, 0.25) is 11.5 Å². The molecular formula is C11H14O5. The second-order valence-electron chi connectivity index (χ2n) is 3.02. The van der Waals surface area contributed by atoms with Crippen molar-refractivity contribution in [2.75, 3.05) is 13.2 Å². The van der Waals surface area contributed by atoms with E-state index in [4.69, 9.17) is 13.9 Å². The predicted octanol–water partition coefficient (Wildman–Crippen LogP) is 2.02. The van der Waals surface area contributed by atoms with Crippen LogP contribution in [0.4, 0.5) is 0 Å². The van der Waals surface area contributed by atoms with Crippen molar-refractivity contribution < 1.29 is 23.5 Å². The van der Waals surface area contributed by atoms with E-state index in [0.717, 1.165) is 6.42 Å². The first-order valence-electron chi connectivity index (χ1n) is 5.13. The lowest BCUT2D eigenvalue weighted by atomic mass is 10.4. The molecule has 5 heteroatoms. The highest BCUT2D eigenvalue weighted by Gasteiger charge is 2.17. The SMILES string of the molecule is CCCOC(=O)c1ccc(C(=O)OCC)o1. The van der Waals surface area contributed by atoms with Gasteiger partial charge in [0.25, 0.3) is 0 Å². The third-order valence-corrected chi connectivity index (χ3v) is 1.72. The van der Waals surface area contributed by atoms with Crippen LogP contribution < -0.4 is 0 Å². The number of furan rings is 1. The molecule has 0 atom stereocenters. The van der Waals surface area contributed by atoms with E-state index in [1.807, 2.05) is 6.92 Å². The second kappa shape index (κ2) is 5.95. The highest BCUT2D eigenvalue weighted by atomic mass is 16.6. The monoisotopic (exact) mass is 226 g/mol. The van der Waals surface area contributed by atoms with Gasteiger partial charge in [-0.15, -0.1) is 0 Å². The van der Waals surface area contributed by atoms with Crippen molar-refractivity contribution in [2.45, 2.75) is 20.3 Å². The molecule has 0 fully saturated rings. The first-order chi connectivity index (χ1) is 7.69. The third-order valence-electron chi connectivity index (χ3n) is 1.72. The summed E-state index contributed by atoms with van der Waals surface area (Å²) in [6.45, 7) is 4.17. The number of hydrogen-bond acceptors (Lipinski definition) is 5. The van der Waals surface area contributed by atoms with E-state index in [-0.39, 0.29) is 18.1 Å². The molecule has 0 aromatic carbocycles. The Kier molecular flexibility index (Phi) is 4.57. The van der Waals surface area contributed by atoms with E-state index in [1.165, 1.54) is 12.1 Å². The zero-order chi connectivity index (χ0) is 12.0. The van der Waals surface area contributed by atoms with Gasteiger partial charge in [-0.3, -0.25) is 0 Å². The lowest BCUT2D eigenvalue weighted by molar-refractivity contribution is 0.0443. The molecule has 16 heavy (non-hydrogen) atoms. The van der Waals surface area contributed by atoms with E-state index in [0.29, 0.717) is 6.61 Å². The van der Waals surface area contributed by atoms with Crippen LogP contribution in [-0.4, -0.2) is 25.2 Å². The fourth-order valence-corrected chi connectivity index (χ4v) is 1.03. The lowest BCUT2D eigenvalue weighted by Crippen LogP contribution is -2.05. The minimum Gasteiger partial charge on any atom is -0.460 e. The summed E-state index contributed by atoms with van der Waals surface area (Å²) in [7, 11) is 0. The smallest absolute Gasteiger partial charge is 0.374 e. The normalized spacial score (nSPS) is 9.88. The van der Waals surface area contributed by atoms with Crippen LogP contribution in [0.15, 0.2) is 16.5 Å². The van der Waals surface area contributed by atoms with Crippen molar-refractivity contribution in [1.82, 2.24) is 0 Å². The van der Waals surface area contributed by atoms with Crippen LogP contribution in [0.25, 0.3) is 0 Å². The Balaban J connectivity index is 2.63. The molecule has 1 rings (SSSR count). The number of rotatable bonds is 5. The van der Waals surface area contributed by atoms with Crippen molar-refractivity contribution in [3.05, 3.63) is 23.7 Å². The summed E-state index contributed by atoms with van der Waals surface area (Å²) in [5, 5.41) is 0.